The van der Waals surface area contributed by atoms with Gasteiger partial charge in [0.05, 0.1) is 0 Å². The summed E-state index contributed by atoms with van der Waals surface area (Å²) < 4.78 is 0. The molecule has 0 unspecified atom stereocenters. The van der Waals surface area contributed by atoms with Crippen LogP contribution in [0, 0.1) is 0 Å². The van der Waals surface area contributed by atoms with Crippen LogP contribution < -0.4 is 5.32 Å². The number of nitrogens with one attached hydrogen (secondary N) is 1. The molecule has 2 aliphatic rings. The normalized spacial score (nSPS) is 24.8. The monoisotopic (exact) mass is 348 g/mol. The number of hydrogen-bond donors (Lipinski definition) is 2. The average molecular weight is 348 g/mol. The molecule has 1 saturated heterocycles. The van der Waals surface area contributed by atoms with Crippen molar-refractivity contribution in [2.24, 2.45) is 0 Å². The fourth-order valence-corrected chi connectivity index (χ4v) is 5.08. The first kappa shape index (κ1) is 17.1. The maximum absolute atomic E-state index is 12.7. The van der Waals surface area contributed by atoms with Crippen molar-refractivity contribution in [1.82, 2.24) is 10.2 Å². The third-order valence-corrected chi connectivity index (χ3v) is 6.13. The highest BCUT2D eigenvalue weighted by Crippen LogP contribution is 2.44. The van der Waals surface area contributed by atoms with Gasteiger partial charge in [0.2, 0.25) is 11.8 Å². The molecule has 5 nitrogen and oxygen atoms in total. The van der Waals surface area contributed by atoms with Crippen molar-refractivity contribution in [3.63, 3.8) is 0 Å². The standard InChI is InChI=1S/C18H24N2O3S/c1-12(21)20-15(17(23)19-13-7-3-2-4-8-13)11-24-18(20)14-9-5-6-10-16(14)22/h5-6,9-10,13,15,18,22H,2-4,7-8,11H2,1H3,(H,19,23)/t15-,18+/m0/s1. The SMILES string of the molecule is CC(=O)N1[C@@H](c2ccccc2O)SC[C@H]1C(=O)NC1CCCCC1. The van der Waals surface area contributed by atoms with Gasteiger partial charge in [0.15, 0.2) is 0 Å². The van der Waals surface area contributed by atoms with Crippen LogP contribution in [-0.4, -0.2) is 39.7 Å². The number of hydrogen-bond acceptors (Lipinski definition) is 4. The van der Waals surface area contributed by atoms with Crippen LogP contribution in [0.4, 0.5) is 0 Å². The van der Waals surface area contributed by atoms with Crippen LogP contribution in [0.1, 0.15) is 50.0 Å². The van der Waals surface area contributed by atoms with Crippen molar-refractivity contribution in [1.29, 1.82) is 0 Å². The van der Waals surface area contributed by atoms with Crippen LogP contribution >= 0.6 is 11.8 Å². The molecule has 2 fully saturated rings. The largest absolute Gasteiger partial charge is 0.508 e. The van der Waals surface area contributed by atoms with Gasteiger partial charge in [0, 0.05) is 24.3 Å². The van der Waals surface area contributed by atoms with Gasteiger partial charge in [-0.1, -0.05) is 37.5 Å². The highest BCUT2D eigenvalue weighted by Gasteiger charge is 2.42. The second-order valence-electron chi connectivity index (χ2n) is 6.53. The van der Waals surface area contributed by atoms with Crippen LogP contribution in [0.25, 0.3) is 0 Å². The first-order valence-electron chi connectivity index (χ1n) is 8.56. The molecular formula is C18H24N2O3S. The molecule has 0 bridgehead atoms. The second-order valence-corrected chi connectivity index (χ2v) is 7.64. The van der Waals surface area contributed by atoms with Gasteiger partial charge in [0.25, 0.3) is 0 Å². The smallest absolute Gasteiger partial charge is 0.243 e. The zero-order valence-electron chi connectivity index (χ0n) is 13.9. The summed E-state index contributed by atoms with van der Waals surface area (Å²) in [6, 6.07) is 6.77. The number of phenols is 1. The van der Waals surface area contributed by atoms with Gasteiger partial charge >= 0.3 is 0 Å². The molecule has 6 heteroatoms. The third-order valence-electron chi connectivity index (χ3n) is 4.82. The molecule has 0 spiro atoms. The average Bonchev–Trinajstić information content (AvgIpc) is 3.01. The Hall–Kier alpha value is -1.69. The lowest BCUT2D eigenvalue weighted by atomic mass is 9.95. The van der Waals surface area contributed by atoms with Gasteiger partial charge in [-0.15, -0.1) is 11.8 Å². The number of nitrogens with zero attached hydrogens (tertiary/aromatic N) is 1. The minimum absolute atomic E-state index is 0.0671. The van der Waals surface area contributed by atoms with Gasteiger partial charge in [-0.25, -0.2) is 0 Å². The maximum atomic E-state index is 12.7. The molecule has 1 heterocycles. The van der Waals surface area contributed by atoms with E-state index in [1.807, 2.05) is 12.1 Å². The van der Waals surface area contributed by atoms with E-state index in [1.54, 1.807) is 17.0 Å². The lowest BCUT2D eigenvalue weighted by molar-refractivity contribution is -0.138. The molecule has 0 radical (unpaired) electrons. The molecule has 1 aliphatic carbocycles. The number of aromatic hydroxyl groups is 1. The third kappa shape index (κ3) is 3.53. The summed E-state index contributed by atoms with van der Waals surface area (Å²) in [4.78, 5) is 26.5. The molecule has 2 amide bonds. The molecule has 24 heavy (non-hydrogen) atoms. The van der Waals surface area contributed by atoms with E-state index in [0.29, 0.717) is 11.3 Å². The molecule has 3 rings (SSSR count). The van der Waals surface area contributed by atoms with Crippen LogP contribution in [0.15, 0.2) is 24.3 Å². The van der Waals surface area contributed by atoms with Crippen LogP contribution in [0.5, 0.6) is 5.75 Å². The van der Waals surface area contributed by atoms with Crippen molar-refractivity contribution >= 4 is 23.6 Å². The van der Waals surface area contributed by atoms with Crippen molar-refractivity contribution in [2.45, 2.75) is 56.5 Å². The number of rotatable bonds is 3. The zero-order valence-corrected chi connectivity index (χ0v) is 14.7. The first-order valence-corrected chi connectivity index (χ1v) is 9.61. The van der Waals surface area contributed by atoms with Crippen LogP contribution in [0.2, 0.25) is 0 Å². The topological polar surface area (TPSA) is 69.6 Å². The summed E-state index contributed by atoms with van der Waals surface area (Å²) in [5.74, 6) is 0.506. The van der Waals surface area contributed by atoms with E-state index < -0.39 is 6.04 Å². The van der Waals surface area contributed by atoms with E-state index in [-0.39, 0.29) is 29.0 Å². The summed E-state index contributed by atoms with van der Waals surface area (Å²) in [5.41, 5.74) is 0.686. The minimum Gasteiger partial charge on any atom is -0.508 e. The van der Waals surface area contributed by atoms with Gasteiger partial charge in [-0.2, -0.15) is 0 Å². The van der Waals surface area contributed by atoms with Crippen molar-refractivity contribution in [3.05, 3.63) is 29.8 Å². The Kier molecular flexibility index (Phi) is 5.33. The van der Waals surface area contributed by atoms with Crippen molar-refractivity contribution in [3.8, 4) is 5.75 Å². The number of carbonyl (C=O) groups is 2. The molecule has 1 aliphatic heterocycles. The fourth-order valence-electron chi connectivity index (χ4n) is 3.57. The molecule has 2 atom stereocenters. The van der Waals surface area contributed by atoms with E-state index >= 15 is 0 Å². The molecular weight excluding hydrogens is 324 g/mol. The van der Waals surface area contributed by atoms with Gasteiger partial charge in [0.1, 0.15) is 17.2 Å². The zero-order chi connectivity index (χ0) is 17.1. The molecule has 1 aromatic rings. The summed E-state index contributed by atoms with van der Waals surface area (Å²) in [6.45, 7) is 1.49. The van der Waals surface area contributed by atoms with Crippen molar-refractivity contribution < 1.29 is 14.7 Å². The minimum atomic E-state index is -0.473. The van der Waals surface area contributed by atoms with Crippen LogP contribution in [0.3, 0.4) is 0 Å². The molecule has 1 saturated carbocycles. The molecule has 130 valence electrons. The molecule has 0 aromatic heterocycles. The number of phenolic OH excluding ortho intramolecular Hbond substituents is 1. The van der Waals surface area contributed by atoms with E-state index in [0.717, 1.165) is 25.7 Å². The fraction of sp³-hybridized carbons (Fsp3) is 0.556. The number of thioether (sulfide) groups is 1. The Morgan fingerprint density at radius 3 is 2.58 bits per heavy atom. The Morgan fingerprint density at radius 2 is 1.92 bits per heavy atom. The van der Waals surface area contributed by atoms with Gasteiger partial charge in [-0.05, 0) is 18.9 Å². The van der Waals surface area contributed by atoms with Gasteiger partial charge in [-0.3, -0.25) is 9.59 Å². The quantitative estimate of drug-likeness (QED) is 0.881. The molecule has 2 N–H and O–H groups in total. The summed E-state index contributed by atoms with van der Waals surface area (Å²) in [6.07, 6.45) is 5.59. The summed E-state index contributed by atoms with van der Waals surface area (Å²) >= 11 is 1.53. The lowest BCUT2D eigenvalue weighted by Crippen LogP contribution is -2.50. The van der Waals surface area contributed by atoms with Gasteiger partial charge < -0.3 is 15.3 Å². The van der Waals surface area contributed by atoms with E-state index in [9.17, 15) is 14.7 Å². The Bertz CT molecular complexity index is 616. The van der Waals surface area contributed by atoms with E-state index in [1.165, 1.54) is 25.1 Å². The highest BCUT2D eigenvalue weighted by atomic mass is 32.2. The number of carbonyl (C=O) groups excluding carboxylic acids is 2. The predicted molar refractivity (Wildman–Crippen MR) is 94.6 cm³/mol. The number of amides is 2. The summed E-state index contributed by atoms with van der Waals surface area (Å²) in [5, 5.41) is 12.9. The second kappa shape index (κ2) is 7.47. The maximum Gasteiger partial charge on any atom is 0.243 e. The summed E-state index contributed by atoms with van der Waals surface area (Å²) in [7, 11) is 0. The lowest BCUT2D eigenvalue weighted by Gasteiger charge is -2.30. The number of para-hydroxylation sites is 1. The van der Waals surface area contributed by atoms with Crippen molar-refractivity contribution in [2.75, 3.05) is 5.75 Å². The Morgan fingerprint density at radius 1 is 1.21 bits per heavy atom. The Balaban J connectivity index is 1.75. The van der Waals surface area contributed by atoms with E-state index in [4.69, 9.17) is 0 Å². The number of benzene rings is 1. The first-order chi connectivity index (χ1) is 11.6. The predicted octanol–water partition coefficient (Wildman–Crippen LogP) is 2.80. The molecule has 1 aromatic carbocycles. The van der Waals surface area contributed by atoms with Crippen LogP contribution in [-0.2, 0) is 9.59 Å². The highest BCUT2D eigenvalue weighted by molar-refractivity contribution is 7.99. The van der Waals surface area contributed by atoms with E-state index in [2.05, 4.69) is 5.32 Å². The Labute approximate surface area is 146 Å².